The van der Waals surface area contributed by atoms with Crippen molar-refractivity contribution in [2.75, 3.05) is 18.5 Å². The van der Waals surface area contributed by atoms with Crippen LogP contribution in [0.4, 0.5) is 11.5 Å². The Morgan fingerprint density at radius 1 is 1.00 bits per heavy atom. The van der Waals surface area contributed by atoms with E-state index >= 15 is 0 Å². The fourth-order valence-corrected chi connectivity index (χ4v) is 3.29. The molecule has 1 saturated carbocycles. The predicted octanol–water partition coefficient (Wildman–Crippen LogP) is 3.05. The van der Waals surface area contributed by atoms with Crippen LogP contribution < -0.4 is 20.1 Å². The molecule has 1 fully saturated rings. The van der Waals surface area contributed by atoms with Crippen LogP contribution in [-0.2, 0) is 0 Å². The Labute approximate surface area is 152 Å². The number of aromatic nitrogens is 2. The lowest BCUT2D eigenvalue weighted by Crippen LogP contribution is -2.36. The summed E-state index contributed by atoms with van der Waals surface area (Å²) in [5, 5.41) is 6.21. The van der Waals surface area contributed by atoms with Crippen LogP contribution in [0.3, 0.4) is 0 Å². The molecule has 2 heterocycles. The number of fused-ring (bicyclic) bond motifs is 1. The van der Waals surface area contributed by atoms with Crippen molar-refractivity contribution in [3.8, 4) is 11.5 Å². The first-order valence-corrected chi connectivity index (χ1v) is 9.07. The van der Waals surface area contributed by atoms with Crippen LogP contribution in [0, 0.1) is 0 Å². The molecule has 26 heavy (non-hydrogen) atoms. The van der Waals surface area contributed by atoms with Gasteiger partial charge in [0.1, 0.15) is 24.7 Å². The second-order valence-electron chi connectivity index (χ2n) is 6.58. The average Bonchev–Trinajstić information content (AvgIpc) is 2.69. The predicted molar refractivity (Wildman–Crippen MR) is 97.1 cm³/mol. The maximum Gasteiger partial charge on any atom is 0.271 e. The van der Waals surface area contributed by atoms with Crippen LogP contribution in [0.25, 0.3) is 0 Å². The largest absolute Gasteiger partial charge is 0.486 e. The van der Waals surface area contributed by atoms with Gasteiger partial charge in [0, 0.05) is 17.8 Å². The van der Waals surface area contributed by atoms with Crippen molar-refractivity contribution in [3.63, 3.8) is 0 Å². The number of hydrogen-bond donors (Lipinski definition) is 2. The van der Waals surface area contributed by atoms with E-state index in [4.69, 9.17) is 9.47 Å². The molecule has 0 atom stereocenters. The molecule has 0 saturated heterocycles. The molecule has 0 bridgehead atoms. The van der Waals surface area contributed by atoms with Crippen molar-refractivity contribution in [2.24, 2.45) is 0 Å². The molecule has 4 rings (SSSR count). The number of amides is 1. The minimum atomic E-state index is -0.157. The third-order valence-electron chi connectivity index (χ3n) is 4.64. The van der Waals surface area contributed by atoms with E-state index in [-0.39, 0.29) is 11.9 Å². The number of ether oxygens (including phenoxy) is 2. The average molecular weight is 354 g/mol. The molecule has 1 amide bonds. The SMILES string of the molecule is O=C(NC1CCCCC1)c1cnc(Nc2ccc3c(c2)OCCO3)cn1. The van der Waals surface area contributed by atoms with Crippen molar-refractivity contribution < 1.29 is 14.3 Å². The van der Waals surface area contributed by atoms with Crippen LogP contribution in [0.1, 0.15) is 42.6 Å². The van der Waals surface area contributed by atoms with Crippen LogP contribution in [0.2, 0.25) is 0 Å². The second-order valence-corrected chi connectivity index (χ2v) is 6.58. The molecule has 2 aromatic rings. The smallest absolute Gasteiger partial charge is 0.271 e. The molecular weight excluding hydrogens is 332 g/mol. The van der Waals surface area contributed by atoms with Gasteiger partial charge in [0.05, 0.1) is 12.4 Å². The minimum absolute atomic E-state index is 0.157. The monoisotopic (exact) mass is 354 g/mol. The van der Waals surface area contributed by atoms with Gasteiger partial charge in [-0.25, -0.2) is 9.97 Å². The summed E-state index contributed by atoms with van der Waals surface area (Å²) in [5.74, 6) is 1.85. The van der Waals surface area contributed by atoms with E-state index in [1.54, 1.807) is 6.20 Å². The summed E-state index contributed by atoms with van der Waals surface area (Å²) < 4.78 is 11.1. The molecule has 7 nitrogen and oxygen atoms in total. The number of carbonyl (C=O) groups excluding carboxylic acids is 1. The van der Waals surface area contributed by atoms with Crippen LogP contribution in [0.5, 0.6) is 11.5 Å². The zero-order valence-corrected chi connectivity index (χ0v) is 14.5. The molecule has 1 aromatic carbocycles. The van der Waals surface area contributed by atoms with Gasteiger partial charge in [-0.05, 0) is 25.0 Å². The second kappa shape index (κ2) is 7.59. The summed E-state index contributed by atoms with van der Waals surface area (Å²) in [4.78, 5) is 20.8. The molecule has 0 radical (unpaired) electrons. The number of hydrogen-bond acceptors (Lipinski definition) is 6. The number of rotatable bonds is 4. The summed E-state index contributed by atoms with van der Waals surface area (Å²) in [6, 6.07) is 5.86. The maximum atomic E-state index is 12.3. The number of benzene rings is 1. The molecular formula is C19H22N4O3. The highest BCUT2D eigenvalue weighted by Gasteiger charge is 2.17. The highest BCUT2D eigenvalue weighted by molar-refractivity contribution is 5.92. The molecule has 0 unspecified atom stereocenters. The number of carbonyl (C=O) groups is 1. The van der Waals surface area contributed by atoms with E-state index in [9.17, 15) is 4.79 Å². The van der Waals surface area contributed by atoms with Gasteiger partial charge in [-0.15, -0.1) is 0 Å². The van der Waals surface area contributed by atoms with E-state index in [1.165, 1.54) is 25.5 Å². The summed E-state index contributed by atoms with van der Waals surface area (Å²) in [6.45, 7) is 1.11. The van der Waals surface area contributed by atoms with E-state index in [1.807, 2.05) is 18.2 Å². The van der Waals surface area contributed by atoms with E-state index < -0.39 is 0 Å². The zero-order chi connectivity index (χ0) is 17.8. The van der Waals surface area contributed by atoms with Crippen molar-refractivity contribution in [1.29, 1.82) is 0 Å². The Balaban J connectivity index is 1.38. The maximum absolute atomic E-state index is 12.3. The standard InChI is InChI=1S/C19H22N4O3/c24-19(23-13-4-2-1-3-5-13)15-11-21-18(12-20-15)22-14-6-7-16-17(10-14)26-9-8-25-16/h6-7,10-13H,1-5,8-9H2,(H,21,22)(H,23,24). The normalized spacial score (nSPS) is 16.8. The van der Waals surface area contributed by atoms with Gasteiger partial charge in [-0.3, -0.25) is 4.79 Å². The molecule has 7 heteroatoms. The quantitative estimate of drug-likeness (QED) is 0.878. The van der Waals surface area contributed by atoms with Gasteiger partial charge in [0.2, 0.25) is 0 Å². The fourth-order valence-electron chi connectivity index (χ4n) is 3.29. The van der Waals surface area contributed by atoms with Crippen LogP contribution in [-0.4, -0.2) is 35.1 Å². The third-order valence-corrected chi connectivity index (χ3v) is 4.64. The number of nitrogens with one attached hydrogen (secondary N) is 2. The van der Waals surface area contributed by atoms with E-state index in [0.29, 0.717) is 30.5 Å². The molecule has 1 aliphatic carbocycles. The molecule has 1 aromatic heterocycles. The Kier molecular flexibility index (Phi) is 4.86. The Morgan fingerprint density at radius 2 is 1.81 bits per heavy atom. The Bertz CT molecular complexity index is 773. The highest BCUT2D eigenvalue weighted by Crippen LogP contribution is 2.33. The lowest BCUT2D eigenvalue weighted by Gasteiger charge is -2.22. The summed E-state index contributed by atoms with van der Waals surface area (Å²) in [7, 11) is 0. The first-order chi connectivity index (χ1) is 12.8. The fraction of sp³-hybridized carbons (Fsp3) is 0.421. The number of anilines is 2. The topological polar surface area (TPSA) is 85.4 Å². The highest BCUT2D eigenvalue weighted by atomic mass is 16.6. The zero-order valence-electron chi connectivity index (χ0n) is 14.5. The van der Waals surface area contributed by atoms with Gasteiger partial charge >= 0.3 is 0 Å². The first-order valence-electron chi connectivity index (χ1n) is 9.07. The van der Waals surface area contributed by atoms with Crippen LogP contribution >= 0.6 is 0 Å². The molecule has 0 spiro atoms. The third kappa shape index (κ3) is 3.87. The lowest BCUT2D eigenvalue weighted by atomic mass is 9.95. The van der Waals surface area contributed by atoms with Crippen molar-refractivity contribution >= 4 is 17.4 Å². The lowest BCUT2D eigenvalue weighted by molar-refractivity contribution is 0.0922. The number of nitrogens with zero attached hydrogens (tertiary/aromatic N) is 2. The molecule has 136 valence electrons. The first kappa shape index (κ1) is 16.6. The van der Waals surface area contributed by atoms with Gasteiger partial charge in [0.15, 0.2) is 11.5 Å². The minimum Gasteiger partial charge on any atom is -0.486 e. The van der Waals surface area contributed by atoms with Crippen LogP contribution in [0.15, 0.2) is 30.6 Å². The molecule has 2 N–H and O–H groups in total. The van der Waals surface area contributed by atoms with Crippen molar-refractivity contribution in [1.82, 2.24) is 15.3 Å². The summed E-state index contributed by atoms with van der Waals surface area (Å²) in [5.41, 5.74) is 1.16. The molecule has 1 aliphatic heterocycles. The summed E-state index contributed by atoms with van der Waals surface area (Å²) in [6.07, 6.45) is 8.76. The van der Waals surface area contributed by atoms with Gasteiger partial charge in [-0.1, -0.05) is 19.3 Å². The van der Waals surface area contributed by atoms with Crippen molar-refractivity contribution in [3.05, 3.63) is 36.3 Å². The van der Waals surface area contributed by atoms with E-state index in [0.717, 1.165) is 24.3 Å². The van der Waals surface area contributed by atoms with Gasteiger partial charge in [-0.2, -0.15) is 0 Å². The summed E-state index contributed by atoms with van der Waals surface area (Å²) >= 11 is 0. The van der Waals surface area contributed by atoms with E-state index in [2.05, 4.69) is 20.6 Å². The Morgan fingerprint density at radius 3 is 2.58 bits per heavy atom. The Hall–Kier alpha value is -2.83. The van der Waals surface area contributed by atoms with Crippen molar-refractivity contribution in [2.45, 2.75) is 38.1 Å². The van der Waals surface area contributed by atoms with Gasteiger partial charge in [0.25, 0.3) is 5.91 Å². The van der Waals surface area contributed by atoms with Gasteiger partial charge < -0.3 is 20.1 Å². The molecule has 2 aliphatic rings.